The quantitative estimate of drug-likeness (QED) is 0.744. The minimum absolute atomic E-state index is 0.564. The molecule has 84 valence electrons. The fraction of sp³-hybridized carbons (Fsp3) is 0.538. The number of benzene rings is 1. The first-order chi connectivity index (χ1) is 7.17. The van der Waals surface area contributed by atoms with Crippen molar-refractivity contribution < 1.29 is 0 Å². The molecule has 0 saturated heterocycles. The van der Waals surface area contributed by atoms with Crippen LogP contribution in [0.2, 0.25) is 0 Å². The molecule has 2 heteroatoms. The molecule has 0 spiro atoms. The molecule has 1 atom stereocenters. The molecule has 0 amide bonds. The zero-order valence-corrected chi connectivity index (χ0v) is 10.2. The molecular weight excluding hydrogens is 184 g/mol. The van der Waals surface area contributed by atoms with Gasteiger partial charge in [-0.05, 0) is 30.5 Å². The largest absolute Gasteiger partial charge is 0.259 e. The second kappa shape index (κ2) is 5.89. The van der Waals surface area contributed by atoms with Gasteiger partial charge in [-0.25, -0.2) is 5.01 Å². The molecule has 0 aliphatic heterocycles. The van der Waals surface area contributed by atoms with Crippen molar-refractivity contribution >= 4 is 0 Å². The summed E-state index contributed by atoms with van der Waals surface area (Å²) in [6.07, 6.45) is 1.11. The van der Waals surface area contributed by atoms with Crippen LogP contribution in [0.3, 0.4) is 0 Å². The van der Waals surface area contributed by atoms with Crippen LogP contribution in [0.5, 0.6) is 0 Å². The molecule has 1 aromatic carbocycles. The van der Waals surface area contributed by atoms with Crippen LogP contribution in [-0.2, 0) is 6.42 Å². The molecule has 1 N–H and O–H groups in total. The predicted molar refractivity (Wildman–Crippen MR) is 65.9 cm³/mol. The van der Waals surface area contributed by atoms with Gasteiger partial charge in [0.05, 0.1) is 0 Å². The van der Waals surface area contributed by atoms with Crippen molar-refractivity contribution in [2.75, 3.05) is 20.6 Å². The van der Waals surface area contributed by atoms with E-state index in [0.717, 1.165) is 13.0 Å². The number of nitrogens with one attached hydrogen (secondary N) is 1. The topological polar surface area (TPSA) is 15.3 Å². The highest BCUT2D eigenvalue weighted by molar-refractivity contribution is 5.26. The molecule has 0 aliphatic rings. The van der Waals surface area contributed by atoms with E-state index in [2.05, 4.69) is 55.6 Å². The maximum Gasteiger partial charge on any atom is 0.0193 e. The summed E-state index contributed by atoms with van der Waals surface area (Å²) in [4.78, 5) is 0. The lowest BCUT2D eigenvalue weighted by molar-refractivity contribution is 0.247. The average Bonchev–Trinajstić information content (AvgIpc) is 2.28. The summed E-state index contributed by atoms with van der Waals surface area (Å²) in [5.41, 5.74) is 5.98. The lowest BCUT2D eigenvalue weighted by Crippen LogP contribution is -2.33. The Kier molecular flexibility index (Phi) is 4.79. The standard InChI is InChI=1S/C13H22N2/c1-5-12-7-6-8-13(9-12)11(2)10-15(4)14-3/h6-9,11,14H,5,10H2,1-4H3. The third-order valence-corrected chi connectivity index (χ3v) is 2.86. The zero-order valence-electron chi connectivity index (χ0n) is 10.2. The molecule has 2 nitrogen and oxygen atoms in total. The van der Waals surface area contributed by atoms with Crippen molar-refractivity contribution in [1.82, 2.24) is 10.4 Å². The molecule has 15 heavy (non-hydrogen) atoms. The Morgan fingerprint density at radius 2 is 2.13 bits per heavy atom. The molecule has 0 heterocycles. The number of rotatable bonds is 5. The van der Waals surface area contributed by atoms with Crippen molar-refractivity contribution in [2.45, 2.75) is 26.2 Å². The Hall–Kier alpha value is -0.860. The number of hydrogen-bond donors (Lipinski definition) is 1. The van der Waals surface area contributed by atoms with Gasteiger partial charge < -0.3 is 0 Å². The van der Waals surface area contributed by atoms with E-state index in [4.69, 9.17) is 0 Å². The zero-order chi connectivity index (χ0) is 11.3. The fourth-order valence-corrected chi connectivity index (χ4v) is 1.73. The smallest absolute Gasteiger partial charge is 0.0193 e. The Morgan fingerprint density at radius 1 is 1.40 bits per heavy atom. The maximum atomic E-state index is 3.13. The van der Waals surface area contributed by atoms with E-state index in [1.54, 1.807) is 0 Å². The van der Waals surface area contributed by atoms with Crippen LogP contribution in [-0.4, -0.2) is 25.6 Å². The highest BCUT2D eigenvalue weighted by Gasteiger charge is 2.07. The van der Waals surface area contributed by atoms with E-state index in [1.807, 2.05) is 7.05 Å². The molecule has 1 rings (SSSR count). The molecule has 0 radical (unpaired) electrons. The normalized spacial score (nSPS) is 13.1. The third kappa shape index (κ3) is 3.65. The minimum atomic E-state index is 0.564. The predicted octanol–water partition coefficient (Wildman–Crippen LogP) is 2.42. The molecule has 1 unspecified atom stereocenters. The Bertz CT molecular complexity index is 296. The molecule has 0 aliphatic carbocycles. The molecule has 0 fully saturated rings. The lowest BCUT2D eigenvalue weighted by Gasteiger charge is -2.20. The Morgan fingerprint density at radius 3 is 2.73 bits per heavy atom. The number of aryl methyl sites for hydroxylation is 1. The van der Waals surface area contributed by atoms with E-state index in [1.165, 1.54) is 11.1 Å². The Labute approximate surface area is 93.3 Å². The van der Waals surface area contributed by atoms with Gasteiger partial charge in [0, 0.05) is 13.6 Å². The van der Waals surface area contributed by atoms with Crippen LogP contribution in [0.25, 0.3) is 0 Å². The van der Waals surface area contributed by atoms with Crippen LogP contribution < -0.4 is 5.43 Å². The van der Waals surface area contributed by atoms with Gasteiger partial charge in [0.2, 0.25) is 0 Å². The first-order valence-corrected chi connectivity index (χ1v) is 5.64. The molecule has 0 bridgehead atoms. The van der Waals surface area contributed by atoms with Gasteiger partial charge in [0.1, 0.15) is 0 Å². The summed E-state index contributed by atoms with van der Waals surface area (Å²) < 4.78 is 0. The van der Waals surface area contributed by atoms with E-state index in [9.17, 15) is 0 Å². The number of likely N-dealkylation sites (N-methyl/N-ethyl adjacent to an activating group) is 1. The summed E-state index contributed by atoms with van der Waals surface area (Å²) in [6.45, 7) is 5.50. The van der Waals surface area contributed by atoms with Crippen LogP contribution in [0.1, 0.15) is 30.9 Å². The van der Waals surface area contributed by atoms with Crippen LogP contribution in [0.4, 0.5) is 0 Å². The van der Waals surface area contributed by atoms with Gasteiger partial charge in [-0.2, -0.15) is 0 Å². The van der Waals surface area contributed by atoms with Crippen LogP contribution in [0, 0.1) is 0 Å². The van der Waals surface area contributed by atoms with E-state index in [0.29, 0.717) is 5.92 Å². The van der Waals surface area contributed by atoms with Gasteiger partial charge in [-0.3, -0.25) is 5.43 Å². The molecule has 0 aromatic heterocycles. The van der Waals surface area contributed by atoms with Crippen molar-refractivity contribution in [2.24, 2.45) is 0 Å². The second-order valence-corrected chi connectivity index (χ2v) is 4.10. The monoisotopic (exact) mass is 206 g/mol. The van der Waals surface area contributed by atoms with Crippen LogP contribution >= 0.6 is 0 Å². The van der Waals surface area contributed by atoms with Crippen molar-refractivity contribution in [3.05, 3.63) is 35.4 Å². The molecule has 0 saturated carbocycles. The lowest BCUT2D eigenvalue weighted by atomic mass is 9.98. The van der Waals surface area contributed by atoms with E-state index < -0.39 is 0 Å². The van der Waals surface area contributed by atoms with Crippen molar-refractivity contribution in [3.63, 3.8) is 0 Å². The van der Waals surface area contributed by atoms with Gasteiger partial charge in [0.15, 0.2) is 0 Å². The summed E-state index contributed by atoms with van der Waals surface area (Å²) in [5.74, 6) is 0.564. The van der Waals surface area contributed by atoms with E-state index in [-0.39, 0.29) is 0 Å². The van der Waals surface area contributed by atoms with Gasteiger partial charge in [-0.15, -0.1) is 0 Å². The molecular formula is C13H22N2. The summed E-state index contributed by atoms with van der Waals surface area (Å²) in [6, 6.07) is 8.88. The first-order valence-electron chi connectivity index (χ1n) is 5.64. The van der Waals surface area contributed by atoms with E-state index >= 15 is 0 Å². The first kappa shape index (κ1) is 12.2. The third-order valence-electron chi connectivity index (χ3n) is 2.86. The summed E-state index contributed by atoms with van der Waals surface area (Å²) in [5, 5.41) is 2.11. The fourth-order valence-electron chi connectivity index (χ4n) is 1.73. The number of nitrogens with zero attached hydrogens (tertiary/aromatic N) is 1. The summed E-state index contributed by atoms with van der Waals surface area (Å²) >= 11 is 0. The van der Waals surface area contributed by atoms with Crippen molar-refractivity contribution in [1.29, 1.82) is 0 Å². The summed E-state index contributed by atoms with van der Waals surface area (Å²) in [7, 11) is 4.02. The van der Waals surface area contributed by atoms with Crippen molar-refractivity contribution in [3.8, 4) is 0 Å². The second-order valence-electron chi connectivity index (χ2n) is 4.10. The SMILES string of the molecule is CCc1cccc(C(C)CN(C)NC)c1. The highest BCUT2D eigenvalue weighted by atomic mass is 15.5. The van der Waals surface area contributed by atoms with Gasteiger partial charge >= 0.3 is 0 Å². The average molecular weight is 206 g/mol. The number of hydrogen-bond acceptors (Lipinski definition) is 2. The maximum absolute atomic E-state index is 3.13. The van der Waals surface area contributed by atoms with Crippen LogP contribution in [0.15, 0.2) is 24.3 Å². The number of hydrazine groups is 1. The van der Waals surface area contributed by atoms with Gasteiger partial charge in [-0.1, -0.05) is 38.1 Å². The minimum Gasteiger partial charge on any atom is -0.259 e. The Balaban J connectivity index is 2.68. The highest BCUT2D eigenvalue weighted by Crippen LogP contribution is 2.17. The molecule has 1 aromatic rings. The van der Waals surface area contributed by atoms with Gasteiger partial charge in [0.25, 0.3) is 0 Å².